The maximum atomic E-state index is 13.8. The molecule has 0 aromatic carbocycles. The molecular weight excluding hydrogens is 637 g/mol. The summed E-state index contributed by atoms with van der Waals surface area (Å²) >= 11 is 0. The van der Waals surface area contributed by atoms with Gasteiger partial charge in [0, 0.05) is 13.0 Å². The maximum absolute atomic E-state index is 13.8. The first-order valence-corrected chi connectivity index (χ1v) is 10.6. The number of nitrogens with zero attached hydrogens (tertiary/aromatic N) is 1. The molecule has 39 heavy (non-hydrogen) atoms. The molecular formula is C14H14F19N2O3S+. The summed E-state index contributed by atoms with van der Waals surface area (Å²) in [6.45, 7) is -2.11. The second-order valence-electron chi connectivity index (χ2n) is 8.13. The normalized spacial score (nSPS) is 16.6. The number of alkyl halides is 19. The fourth-order valence-corrected chi connectivity index (χ4v) is 3.34. The average Bonchev–Trinajstić information content (AvgIpc) is 2.68. The molecule has 0 aliphatic rings. The van der Waals surface area contributed by atoms with E-state index in [0.29, 0.717) is 4.72 Å². The van der Waals surface area contributed by atoms with Gasteiger partial charge in [0.1, 0.15) is 6.54 Å². The van der Waals surface area contributed by atoms with Crippen molar-refractivity contribution in [2.75, 3.05) is 27.2 Å². The number of hydroxylamine groups is 3. The van der Waals surface area contributed by atoms with E-state index in [0.717, 1.165) is 14.1 Å². The molecule has 0 fully saturated rings. The van der Waals surface area contributed by atoms with Crippen LogP contribution in [0.5, 0.6) is 0 Å². The summed E-state index contributed by atoms with van der Waals surface area (Å²) in [7, 11) is -5.52. The highest BCUT2D eigenvalue weighted by molar-refractivity contribution is 7.90. The zero-order valence-corrected chi connectivity index (χ0v) is 19.2. The lowest BCUT2D eigenvalue weighted by Gasteiger charge is -2.43. The zero-order valence-electron chi connectivity index (χ0n) is 18.4. The Labute approximate surface area is 204 Å². The molecule has 0 unspecified atom stereocenters. The van der Waals surface area contributed by atoms with E-state index in [9.17, 15) is 97.0 Å². The third kappa shape index (κ3) is 5.55. The largest absolute Gasteiger partial charge is 0.460 e. The molecule has 25 heteroatoms. The number of hydrogen-bond donors (Lipinski definition) is 2. The summed E-state index contributed by atoms with van der Waals surface area (Å²) in [5.74, 6) is -61.9. The van der Waals surface area contributed by atoms with Gasteiger partial charge in [0.2, 0.25) is 0 Å². The second kappa shape index (κ2) is 9.80. The zero-order chi connectivity index (χ0) is 32.3. The summed E-state index contributed by atoms with van der Waals surface area (Å²) < 4.78 is 273. The summed E-state index contributed by atoms with van der Waals surface area (Å²) in [4.78, 5) is 0. The van der Waals surface area contributed by atoms with E-state index in [-0.39, 0.29) is 0 Å². The molecule has 0 bridgehead atoms. The minimum atomic E-state index is -9.14. The molecule has 0 spiro atoms. The first kappa shape index (κ1) is 37.5. The fraction of sp³-hybridized carbons (Fsp3) is 1.00. The van der Waals surface area contributed by atoms with Gasteiger partial charge in [-0.1, -0.05) is 0 Å². The molecule has 0 amide bonds. The molecule has 0 aliphatic carbocycles. The third-order valence-corrected chi connectivity index (χ3v) is 6.11. The van der Waals surface area contributed by atoms with Gasteiger partial charge >= 0.3 is 52.9 Å². The number of hydrogen-bond acceptors (Lipinski definition) is 3. The monoisotopic (exact) mass is 651 g/mol. The summed E-state index contributed by atoms with van der Waals surface area (Å²) in [5, 5.41) is 1.53. The molecule has 236 valence electrons. The molecule has 5 nitrogen and oxygen atoms in total. The van der Waals surface area contributed by atoms with Crippen LogP contribution in [0.15, 0.2) is 0 Å². The second-order valence-corrected chi connectivity index (χ2v) is 9.94. The van der Waals surface area contributed by atoms with Gasteiger partial charge in [-0.15, -0.1) is 0 Å². The molecule has 0 saturated heterocycles. The van der Waals surface area contributed by atoms with Crippen molar-refractivity contribution in [1.82, 2.24) is 4.72 Å². The Morgan fingerprint density at radius 2 is 0.846 bits per heavy atom. The van der Waals surface area contributed by atoms with Crippen molar-refractivity contribution in [1.29, 1.82) is 0 Å². The summed E-state index contributed by atoms with van der Waals surface area (Å²) in [6, 6.07) is 0. The van der Waals surface area contributed by atoms with Crippen LogP contribution in [0.2, 0.25) is 0 Å². The lowest BCUT2D eigenvalue weighted by atomic mass is 9.89. The van der Waals surface area contributed by atoms with Crippen molar-refractivity contribution in [3.8, 4) is 0 Å². The van der Waals surface area contributed by atoms with Gasteiger partial charge in [-0.05, 0) is 0 Å². The van der Waals surface area contributed by atoms with Crippen LogP contribution in [0, 0.1) is 0 Å². The van der Waals surface area contributed by atoms with Crippen molar-refractivity contribution in [3.63, 3.8) is 0 Å². The van der Waals surface area contributed by atoms with E-state index in [4.69, 9.17) is 0 Å². The molecule has 0 aliphatic heterocycles. The maximum Gasteiger partial charge on any atom is 0.460 e. The van der Waals surface area contributed by atoms with E-state index in [2.05, 4.69) is 0 Å². The lowest BCUT2D eigenvalue weighted by molar-refractivity contribution is -1.07. The Balaban J connectivity index is 6.75. The lowest BCUT2D eigenvalue weighted by Crippen LogP contribution is -2.76. The van der Waals surface area contributed by atoms with Crippen molar-refractivity contribution in [2.45, 2.75) is 59.3 Å². The van der Waals surface area contributed by atoms with Crippen LogP contribution < -0.4 is 4.72 Å². The van der Waals surface area contributed by atoms with Crippen LogP contribution in [0.1, 0.15) is 6.42 Å². The molecule has 0 heterocycles. The van der Waals surface area contributed by atoms with Gasteiger partial charge in [-0.3, -0.25) is 0 Å². The number of rotatable bonds is 13. The van der Waals surface area contributed by atoms with Crippen LogP contribution in [0.4, 0.5) is 83.4 Å². The van der Waals surface area contributed by atoms with E-state index in [1.54, 1.807) is 0 Å². The molecule has 0 atom stereocenters. The van der Waals surface area contributed by atoms with Gasteiger partial charge in [0.25, 0.3) is 10.0 Å². The van der Waals surface area contributed by atoms with Crippen molar-refractivity contribution >= 4 is 10.0 Å². The SMILES string of the molecule is C[N+](C)(O)CCCNS(=O)(=O)C(F)(F)C(F)(F)C(F)(F)C(F)(F)C(F)(F)C(F)(F)C(F)(F)C(F)(F)C(F)(F)F. The van der Waals surface area contributed by atoms with Gasteiger partial charge in [-0.2, -0.15) is 88.1 Å². The van der Waals surface area contributed by atoms with Crippen molar-refractivity contribution in [2.24, 2.45) is 0 Å². The number of sulfonamides is 1. The Morgan fingerprint density at radius 1 is 0.564 bits per heavy atom. The van der Waals surface area contributed by atoms with Crippen LogP contribution in [0.25, 0.3) is 0 Å². The van der Waals surface area contributed by atoms with Crippen LogP contribution in [-0.4, -0.2) is 98.3 Å². The van der Waals surface area contributed by atoms with Gasteiger partial charge in [0.05, 0.1) is 14.1 Å². The highest BCUT2D eigenvalue weighted by Gasteiger charge is 2.97. The summed E-state index contributed by atoms with van der Waals surface area (Å²) in [6.07, 6.45) is -8.81. The van der Waals surface area contributed by atoms with Crippen LogP contribution in [-0.2, 0) is 10.0 Å². The molecule has 0 aromatic heterocycles. The van der Waals surface area contributed by atoms with E-state index < -0.39 is 87.1 Å². The Kier molecular flexibility index (Phi) is 9.43. The fourth-order valence-electron chi connectivity index (χ4n) is 2.28. The molecule has 2 N–H and O–H groups in total. The highest BCUT2D eigenvalue weighted by atomic mass is 32.2. The standard InChI is InChI=1S/C14H14F19N2O3S/c1-35(2,36)5-3-4-34-39(37,38)14(32,33)12(27,28)10(23,24)8(19,20)6(15,16)7(17,18)9(21,22)11(25,26)13(29,30)31/h34,36H,3-5H2,1-2H3/q+1. The van der Waals surface area contributed by atoms with Crippen LogP contribution in [0.3, 0.4) is 0 Å². The number of quaternary nitrogens is 1. The van der Waals surface area contributed by atoms with Gasteiger partial charge < -0.3 is 0 Å². The third-order valence-electron chi connectivity index (χ3n) is 4.60. The van der Waals surface area contributed by atoms with Crippen molar-refractivity contribution < 1.29 is 102 Å². The molecule has 0 saturated carbocycles. The Bertz CT molecular complexity index is 984. The predicted molar refractivity (Wildman–Crippen MR) is 85.9 cm³/mol. The van der Waals surface area contributed by atoms with E-state index in [1.807, 2.05) is 0 Å². The smallest absolute Gasteiger partial charge is 0.217 e. The molecule has 0 aromatic rings. The molecule has 0 rings (SSSR count). The van der Waals surface area contributed by atoms with Gasteiger partial charge in [0.15, 0.2) is 0 Å². The van der Waals surface area contributed by atoms with E-state index in [1.165, 1.54) is 0 Å². The minimum absolute atomic E-state index is 0.394. The topological polar surface area (TPSA) is 66.4 Å². The quantitative estimate of drug-likeness (QED) is 0.122. The molecule has 0 radical (unpaired) electrons. The highest BCUT2D eigenvalue weighted by Crippen LogP contribution is 2.65. The number of nitrogens with one attached hydrogen (secondary N) is 1. The van der Waals surface area contributed by atoms with Crippen LogP contribution >= 0.6 is 0 Å². The Morgan fingerprint density at radius 3 is 1.13 bits per heavy atom. The number of halogens is 19. The van der Waals surface area contributed by atoms with Gasteiger partial charge in [-0.25, -0.2) is 18.3 Å². The van der Waals surface area contributed by atoms with E-state index >= 15 is 0 Å². The Hall–Kier alpha value is -1.50. The summed E-state index contributed by atoms with van der Waals surface area (Å²) in [5.41, 5.74) is 0. The predicted octanol–water partition coefficient (Wildman–Crippen LogP) is 5.36. The minimum Gasteiger partial charge on any atom is -0.217 e. The average molecular weight is 651 g/mol. The first-order chi connectivity index (χ1) is 16.5. The first-order valence-electron chi connectivity index (χ1n) is 9.10. The van der Waals surface area contributed by atoms with Crippen molar-refractivity contribution in [3.05, 3.63) is 0 Å².